The molecule has 0 atom stereocenters. The average Bonchev–Trinajstić information content (AvgIpc) is 2.03. The number of pyridine rings is 1. The van der Waals surface area contributed by atoms with E-state index in [2.05, 4.69) is 16.8 Å². The molecular weight excluding hydrogens is 140 g/mol. The first-order chi connectivity index (χ1) is 5.34. The Hall–Kier alpha value is -1.53. The van der Waals surface area contributed by atoms with Gasteiger partial charge in [0.2, 0.25) is 0 Å². The van der Waals surface area contributed by atoms with Crippen LogP contribution in [0.1, 0.15) is 5.69 Å². The number of aromatic hydroxyl groups is 1. The summed E-state index contributed by atoms with van der Waals surface area (Å²) < 4.78 is 0. The molecular formula is C8H8N2O. The first kappa shape index (κ1) is 7.58. The minimum absolute atomic E-state index is 0.0912. The molecule has 1 heterocycles. The van der Waals surface area contributed by atoms with Gasteiger partial charge in [0.15, 0.2) is 5.69 Å². The van der Waals surface area contributed by atoms with Crippen molar-refractivity contribution in [1.82, 2.24) is 4.98 Å². The van der Waals surface area contributed by atoms with Crippen molar-refractivity contribution in [3.63, 3.8) is 0 Å². The summed E-state index contributed by atoms with van der Waals surface area (Å²) in [6, 6.07) is 3.18. The van der Waals surface area contributed by atoms with Crippen molar-refractivity contribution in [3.8, 4) is 17.6 Å². The molecule has 0 bridgehead atoms. The van der Waals surface area contributed by atoms with E-state index in [9.17, 15) is 0 Å². The van der Waals surface area contributed by atoms with Crippen LogP contribution in [0.25, 0.3) is 0 Å². The lowest BCUT2D eigenvalue weighted by atomic mass is 10.3. The van der Waals surface area contributed by atoms with Crippen LogP contribution < -0.4 is 5.73 Å². The Bertz CT molecular complexity index is 298. The third-order valence-electron chi connectivity index (χ3n) is 1.10. The Balaban J connectivity index is 2.95. The third kappa shape index (κ3) is 1.95. The van der Waals surface area contributed by atoms with E-state index < -0.39 is 0 Å². The van der Waals surface area contributed by atoms with Gasteiger partial charge in [0, 0.05) is 6.20 Å². The van der Waals surface area contributed by atoms with Crippen LogP contribution in [-0.4, -0.2) is 16.6 Å². The van der Waals surface area contributed by atoms with E-state index in [1.807, 2.05) is 0 Å². The van der Waals surface area contributed by atoms with Crippen LogP contribution in [0.3, 0.4) is 0 Å². The van der Waals surface area contributed by atoms with Crippen LogP contribution in [0, 0.1) is 11.8 Å². The maximum Gasteiger partial charge on any atom is 0.154 e. The molecule has 0 amide bonds. The number of rotatable bonds is 0. The third-order valence-corrected chi connectivity index (χ3v) is 1.10. The number of hydrogen-bond acceptors (Lipinski definition) is 3. The van der Waals surface area contributed by atoms with Crippen molar-refractivity contribution in [1.29, 1.82) is 0 Å². The second-order valence-corrected chi connectivity index (χ2v) is 1.88. The summed E-state index contributed by atoms with van der Waals surface area (Å²) in [5.74, 6) is 5.33. The van der Waals surface area contributed by atoms with Crippen LogP contribution in [0.2, 0.25) is 0 Å². The van der Waals surface area contributed by atoms with E-state index in [1.165, 1.54) is 6.07 Å². The molecule has 0 spiro atoms. The van der Waals surface area contributed by atoms with Gasteiger partial charge in [0.25, 0.3) is 0 Å². The summed E-state index contributed by atoms with van der Waals surface area (Å²) in [5.41, 5.74) is 5.52. The molecule has 1 aromatic heterocycles. The Kier molecular flexibility index (Phi) is 2.47. The van der Waals surface area contributed by atoms with Gasteiger partial charge < -0.3 is 10.8 Å². The Morgan fingerprint density at radius 1 is 1.64 bits per heavy atom. The van der Waals surface area contributed by atoms with Gasteiger partial charge in [-0.1, -0.05) is 5.92 Å². The molecule has 0 aliphatic heterocycles. The van der Waals surface area contributed by atoms with E-state index in [0.29, 0.717) is 5.69 Å². The summed E-state index contributed by atoms with van der Waals surface area (Å²) in [5, 5.41) is 9.13. The summed E-state index contributed by atoms with van der Waals surface area (Å²) in [7, 11) is 0. The smallest absolute Gasteiger partial charge is 0.154 e. The first-order valence-electron chi connectivity index (χ1n) is 3.17. The highest BCUT2D eigenvalue weighted by molar-refractivity contribution is 5.39. The van der Waals surface area contributed by atoms with Gasteiger partial charge in [-0.05, 0) is 18.1 Å². The molecule has 0 unspecified atom stereocenters. The minimum atomic E-state index is 0.0912. The minimum Gasteiger partial charge on any atom is -0.505 e. The molecule has 1 aromatic rings. The van der Waals surface area contributed by atoms with Crippen LogP contribution >= 0.6 is 0 Å². The molecule has 0 saturated heterocycles. The quantitative estimate of drug-likeness (QED) is 0.513. The predicted molar refractivity (Wildman–Crippen MR) is 41.8 cm³/mol. The van der Waals surface area contributed by atoms with Gasteiger partial charge in [0.1, 0.15) is 5.75 Å². The van der Waals surface area contributed by atoms with Crippen molar-refractivity contribution in [2.24, 2.45) is 5.73 Å². The molecule has 1 rings (SSSR count). The number of nitrogens with two attached hydrogens (primary N) is 1. The average molecular weight is 148 g/mol. The molecule has 0 saturated carbocycles. The van der Waals surface area contributed by atoms with Gasteiger partial charge in [0.05, 0.1) is 6.54 Å². The highest BCUT2D eigenvalue weighted by Gasteiger charge is 1.93. The van der Waals surface area contributed by atoms with Crippen molar-refractivity contribution >= 4 is 0 Å². The van der Waals surface area contributed by atoms with Crippen molar-refractivity contribution in [3.05, 3.63) is 24.0 Å². The lowest BCUT2D eigenvalue weighted by molar-refractivity contribution is 0.471. The predicted octanol–water partition coefficient (Wildman–Crippen LogP) is 0.0974. The SMILES string of the molecule is NCC#Cc1ncccc1O. The van der Waals surface area contributed by atoms with Crippen molar-refractivity contribution in [2.45, 2.75) is 0 Å². The Labute approximate surface area is 64.9 Å². The van der Waals surface area contributed by atoms with E-state index in [4.69, 9.17) is 10.8 Å². The summed E-state index contributed by atoms with van der Waals surface area (Å²) in [6.07, 6.45) is 1.57. The molecule has 0 aliphatic rings. The van der Waals surface area contributed by atoms with Crippen LogP contribution in [0.4, 0.5) is 0 Å². The Morgan fingerprint density at radius 3 is 3.09 bits per heavy atom. The summed E-state index contributed by atoms with van der Waals surface area (Å²) in [6.45, 7) is 0.274. The normalized spacial score (nSPS) is 8.45. The lowest BCUT2D eigenvalue weighted by Crippen LogP contribution is -1.93. The summed E-state index contributed by atoms with van der Waals surface area (Å²) >= 11 is 0. The van der Waals surface area contributed by atoms with Gasteiger partial charge in [-0.25, -0.2) is 4.98 Å². The molecule has 0 fully saturated rings. The second-order valence-electron chi connectivity index (χ2n) is 1.88. The van der Waals surface area contributed by atoms with Gasteiger partial charge >= 0.3 is 0 Å². The molecule has 3 heteroatoms. The highest BCUT2D eigenvalue weighted by Crippen LogP contribution is 2.09. The molecule has 0 aliphatic carbocycles. The molecule has 0 aromatic carbocycles. The highest BCUT2D eigenvalue weighted by atomic mass is 16.3. The first-order valence-corrected chi connectivity index (χ1v) is 3.17. The van der Waals surface area contributed by atoms with E-state index >= 15 is 0 Å². The number of nitrogens with zero attached hydrogens (tertiary/aromatic N) is 1. The van der Waals surface area contributed by atoms with E-state index in [1.54, 1.807) is 12.3 Å². The standard InChI is InChI=1S/C8H8N2O/c9-5-1-3-7-8(11)4-2-6-10-7/h2,4,6,11H,5,9H2. The maximum absolute atomic E-state index is 9.13. The van der Waals surface area contributed by atoms with Gasteiger partial charge in [-0.3, -0.25) is 0 Å². The zero-order valence-electron chi connectivity index (χ0n) is 5.91. The van der Waals surface area contributed by atoms with Crippen LogP contribution in [-0.2, 0) is 0 Å². The molecule has 3 nitrogen and oxygen atoms in total. The largest absolute Gasteiger partial charge is 0.505 e. The molecule has 56 valence electrons. The van der Waals surface area contributed by atoms with E-state index in [-0.39, 0.29) is 12.3 Å². The number of aromatic nitrogens is 1. The van der Waals surface area contributed by atoms with Crippen LogP contribution in [0.5, 0.6) is 5.75 Å². The van der Waals surface area contributed by atoms with E-state index in [0.717, 1.165) is 0 Å². The zero-order valence-corrected chi connectivity index (χ0v) is 5.91. The fourth-order valence-corrected chi connectivity index (χ4v) is 0.628. The van der Waals surface area contributed by atoms with Crippen molar-refractivity contribution in [2.75, 3.05) is 6.54 Å². The van der Waals surface area contributed by atoms with Crippen LogP contribution in [0.15, 0.2) is 18.3 Å². The Morgan fingerprint density at radius 2 is 2.45 bits per heavy atom. The molecule has 0 radical (unpaired) electrons. The fraction of sp³-hybridized carbons (Fsp3) is 0.125. The van der Waals surface area contributed by atoms with Gasteiger partial charge in [-0.15, -0.1) is 0 Å². The molecule has 11 heavy (non-hydrogen) atoms. The molecule has 3 N–H and O–H groups in total. The van der Waals surface area contributed by atoms with Crippen molar-refractivity contribution < 1.29 is 5.11 Å². The topological polar surface area (TPSA) is 59.1 Å². The number of hydrogen-bond donors (Lipinski definition) is 2. The summed E-state index contributed by atoms with van der Waals surface area (Å²) in [4.78, 5) is 3.84. The van der Waals surface area contributed by atoms with Gasteiger partial charge in [-0.2, -0.15) is 0 Å². The zero-order chi connectivity index (χ0) is 8.10. The monoisotopic (exact) mass is 148 g/mol. The lowest BCUT2D eigenvalue weighted by Gasteiger charge is -1.91. The fourth-order valence-electron chi connectivity index (χ4n) is 0.628. The second kappa shape index (κ2) is 3.59. The maximum atomic E-state index is 9.13.